The van der Waals surface area contributed by atoms with Crippen molar-refractivity contribution < 1.29 is 14.0 Å². The van der Waals surface area contributed by atoms with E-state index in [1.54, 1.807) is 0 Å². The molecule has 0 radical (unpaired) electrons. The van der Waals surface area contributed by atoms with Crippen LogP contribution in [0.5, 0.6) is 0 Å². The second-order valence-corrected chi connectivity index (χ2v) is 16.0. The maximum atomic E-state index is 11.7. The Morgan fingerprint density at radius 2 is 1.89 bits per heavy atom. The standard InChI is InChI=1S/C24H46O3Si/c1-9-26-22(25)14-10-12-18(2)19-15-16-20-21(13-11-17-24(19,20)6)27-28(7,8)23(3,4)5/h18-21H,9-17H2,1-8H3/t18-,19-,20+,21?,24-/m1/s1. The zero-order valence-corrected chi connectivity index (χ0v) is 20.9. The van der Waals surface area contributed by atoms with Crippen molar-refractivity contribution in [2.24, 2.45) is 23.2 Å². The average Bonchev–Trinajstić information content (AvgIpc) is 2.92. The van der Waals surface area contributed by atoms with Crippen LogP contribution in [-0.4, -0.2) is 27.0 Å². The van der Waals surface area contributed by atoms with Gasteiger partial charge in [-0.25, -0.2) is 0 Å². The first-order valence-corrected chi connectivity index (χ1v) is 14.7. The first kappa shape index (κ1) is 23.9. The van der Waals surface area contributed by atoms with Gasteiger partial charge < -0.3 is 9.16 Å². The van der Waals surface area contributed by atoms with Crippen molar-refractivity contribution in [3.05, 3.63) is 0 Å². The predicted octanol–water partition coefficient (Wildman–Crippen LogP) is 6.96. The molecule has 0 heterocycles. The van der Waals surface area contributed by atoms with Crippen molar-refractivity contribution in [1.82, 2.24) is 0 Å². The number of carbonyl (C=O) groups excluding carboxylic acids is 1. The summed E-state index contributed by atoms with van der Waals surface area (Å²) in [5, 5.41) is 0.277. The van der Waals surface area contributed by atoms with Crippen LogP contribution in [0.1, 0.15) is 92.9 Å². The van der Waals surface area contributed by atoms with Gasteiger partial charge in [-0.3, -0.25) is 4.79 Å². The summed E-state index contributed by atoms with van der Waals surface area (Å²) in [6.45, 7) is 19.2. The monoisotopic (exact) mass is 410 g/mol. The Balaban J connectivity index is 1.99. The highest BCUT2D eigenvalue weighted by molar-refractivity contribution is 6.74. The van der Waals surface area contributed by atoms with E-state index in [1.165, 1.54) is 32.1 Å². The van der Waals surface area contributed by atoms with Crippen molar-refractivity contribution in [2.45, 2.75) is 117 Å². The lowest BCUT2D eigenvalue weighted by molar-refractivity contribution is -0.143. The molecule has 0 bridgehead atoms. The Morgan fingerprint density at radius 3 is 2.50 bits per heavy atom. The minimum atomic E-state index is -1.73. The number of fused-ring (bicyclic) bond motifs is 1. The molecular formula is C24H46O3Si. The van der Waals surface area contributed by atoms with Gasteiger partial charge in [0.05, 0.1) is 6.61 Å². The first-order chi connectivity index (χ1) is 12.9. The van der Waals surface area contributed by atoms with Crippen LogP contribution in [-0.2, 0) is 14.0 Å². The number of hydrogen-bond acceptors (Lipinski definition) is 3. The smallest absolute Gasteiger partial charge is 0.305 e. The van der Waals surface area contributed by atoms with E-state index in [-0.39, 0.29) is 11.0 Å². The van der Waals surface area contributed by atoms with Crippen molar-refractivity contribution >= 4 is 14.3 Å². The first-order valence-electron chi connectivity index (χ1n) is 11.8. The predicted molar refractivity (Wildman–Crippen MR) is 120 cm³/mol. The molecule has 3 nitrogen and oxygen atoms in total. The van der Waals surface area contributed by atoms with Gasteiger partial charge in [-0.1, -0.05) is 41.0 Å². The quantitative estimate of drug-likeness (QED) is 0.320. The van der Waals surface area contributed by atoms with E-state index in [4.69, 9.17) is 9.16 Å². The molecule has 2 aliphatic rings. The van der Waals surface area contributed by atoms with E-state index in [9.17, 15) is 4.79 Å². The lowest BCUT2D eigenvalue weighted by Gasteiger charge is -2.50. The largest absolute Gasteiger partial charge is 0.466 e. The van der Waals surface area contributed by atoms with Gasteiger partial charge in [-0.15, -0.1) is 0 Å². The summed E-state index contributed by atoms with van der Waals surface area (Å²) in [6, 6.07) is 0. The molecule has 2 aliphatic carbocycles. The molecule has 0 spiro atoms. The van der Waals surface area contributed by atoms with Crippen LogP contribution < -0.4 is 0 Å². The third kappa shape index (κ3) is 5.22. The molecule has 1 unspecified atom stereocenters. The lowest BCUT2D eigenvalue weighted by atomic mass is 9.61. The Bertz CT molecular complexity index is 524. The third-order valence-corrected chi connectivity index (χ3v) is 12.9. The molecule has 0 saturated heterocycles. The van der Waals surface area contributed by atoms with Gasteiger partial charge in [0.25, 0.3) is 0 Å². The molecule has 0 N–H and O–H groups in total. The zero-order chi connectivity index (χ0) is 21.2. The van der Waals surface area contributed by atoms with Crippen molar-refractivity contribution in [1.29, 1.82) is 0 Å². The summed E-state index contributed by atoms with van der Waals surface area (Å²) in [7, 11) is -1.73. The van der Waals surface area contributed by atoms with Crippen molar-refractivity contribution in [3.63, 3.8) is 0 Å². The van der Waals surface area contributed by atoms with Crippen LogP contribution in [0.2, 0.25) is 18.1 Å². The van der Waals surface area contributed by atoms with Crippen LogP contribution in [0.4, 0.5) is 0 Å². The summed E-state index contributed by atoms with van der Waals surface area (Å²) < 4.78 is 12.1. The van der Waals surface area contributed by atoms with Gasteiger partial charge in [-0.2, -0.15) is 0 Å². The van der Waals surface area contributed by atoms with E-state index < -0.39 is 8.32 Å². The molecule has 5 atom stereocenters. The number of rotatable bonds is 8. The summed E-state index contributed by atoms with van der Waals surface area (Å²) >= 11 is 0. The summed E-state index contributed by atoms with van der Waals surface area (Å²) in [5.74, 6) is 2.13. The molecule has 164 valence electrons. The van der Waals surface area contributed by atoms with Crippen LogP contribution in [0.25, 0.3) is 0 Å². The highest BCUT2D eigenvalue weighted by Crippen LogP contribution is 2.59. The number of esters is 1. The molecule has 0 aromatic rings. The molecule has 4 heteroatoms. The van der Waals surface area contributed by atoms with Crippen molar-refractivity contribution in [3.8, 4) is 0 Å². The minimum Gasteiger partial charge on any atom is -0.466 e. The Kier molecular flexibility index (Phi) is 7.86. The van der Waals surface area contributed by atoms with Gasteiger partial charge >= 0.3 is 5.97 Å². The summed E-state index contributed by atoms with van der Waals surface area (Å²) in [4.78, 5) is 11.7. The van der Waals surface area contributed by atoms with Crippen LogP contribution in [0, 0.1) is 23.2 Å². The fraction of sp³-hybridized carbons (Fsp3) is 0.958. The molecule has 2 rings (SSSR count). The van der Waals surface area contributed by atoms with E-state index in [1.807, 2.05) is 6.92 Å². The molecule has 0 amide bonds. The Hall–Kier alpha value is -0.353. The second kappa shape index (κ2) is 9.20. The summed E-state index contributed by atoms with van der Waals surface area (Å²) in [6.07, 6.45) is 9.68. The topological polar surface area (TPSA) is 35.5 Å². The maximum Gasteiger partial charge on any atom is 0.305 e. The van der Waals surface area contributed by atoms with E-state index in [0.717, 1.165) is 18.8 Å². The molecular weight excluding hydrogens is 364 g/mol. The fourth-order valence-corrected chi connectivity index (χ4v) is 7.19. The molecule has 2 fully saturated rings. The van der Waals surface area contributed by atoms with Gasteiger partial charge in [-0.05, 0) is 86.7 Å². The SMILES string of the molecule is CCOC(=O)CCC[C@@H](C)[C@H]1CC[C@H]2C(O[Si](C)(C)C(C)(C)C)CCC[C@]12C. The number of ether oxygens (including phenoxy) is 1. The molecule has 28 heavy (non-hydrogen) atoms. The van der Waals surface area contributed by atoms with Gasteiger partial charge in [0.15, 0.2) is 8.32 Å². The van der Waals surface area contributed by atoms with Gasteiger partial charge in [0.1, 0.15) is 0 Å². The highest BCUT2D eigenvalue weighted by atomic mass is 28.4. The van der Waals surface area contributed by atoms with E-state index in [2.05, 4.69) is 47.7 Å². The van der Waals surface area contributed by atoms with E-state index >= 15 is 0 Å². The van der Waals surface area contributed by atoms with Crippen molar-refractivity contribution in [2.75, 3.05) is 6.61 Å². The normalized spacial score (nSPS) is 32.1. The van der Waals surface area contributed by atoms with Crippen LogP contribution in [0.15, 0.2) is 0 Å². The summed E-state index contributed by atoms with van der Waals surface area (Å²) in [5.41, 5.74) is 0.411. The zero-order valence-electron chi connectivity index (χ0n) is 19.9. The maximum absolute atomic E-state index is 11.7. The third-order valence-electron chi connectivity index (χ3n) is 8.42. The number of carbonyl (C=O) groups is 1. The molecule has 0 aliphatic heterocycles. The fourth-order valence-electron chi connectivity index (χ4n) is 5.79. The molecule has 0 aromatic heterocycles. The lowest BCUT2D eigenvalue weighted by Crippen LogP contribution is -2.50. The molecule has 0 aromatic carbocycles. The van der Waals surface area contributed by atoms with Gasteiger partial charge in [0.2, 0.25) is 0 Å². The Labute approximate surface area is 175 Å². The average molecular weight is 411 g/mol. The minimum absolute atomic E-state index is 0.0364. The van der Waals surface area contributed by atoms with Crippen LogP contribution >= 0.6 is 0 Å². The number of hydrogen-bond donors (Lipinski definition) is 0. The van der Waals surface area contributed by atoms with E-state index in [0.29, 0.717) is 36.4 Å². The van der Waals surface area contributed by atoms with Gasteiger partial charge in [0, 0.05) is 12.5 Å². The van der Waals surface area contributed by atoms with Crippen LogP contribution in [0.3, 0.4) is 0 Å². The Morgan fingerprint density at radius 1 is 1.21 bits per heavy atom. The second-order valence-electron chi connectivity index (χ2n) is 11.3. The highest BCUT2D eigenvalue weighted by Gasteiger charge is 2.54. The molecule has 2 saturated carbocycles.